The molecule has 6 heteroatoms. The summed E-state index contributed by atoms with van der Waals surface area (Å²) < 4.78 is 20.3. The lowest BCUT2D eigenvalue weighted by Crippen LogP contribution is -2.34. The van der Waals surface area contributed by atoms with E-state index in [0.717, 1.165) is 48.4 Å². The molecule has 3 rings (SSSR count). The molecule has 1 aromatic carbocycles. The Morgan fingerprint density at radius 3 is 2.43 bits per heavy atom. The lowest BCUT2D eigenvalue weighted by Gasteiger charge is -2.32. The average molecular weight is 339 g/mol. The van der Waals surface area contributed by atoms with Crippen LogP contribution in [0.25, 0.3) is 0 Å². The molecule has 23 heavy (non-hydrogen) atoms. The third kappa shape index (κ3) is 3.07. The first-order chi connectivity index (χ1) is 10.4. The normalized spacial score (nSPS) is 21.4. The van der Waals surface area contributed by atoms with E-state index in [1.54, 1.807) is 7.11 Å². The van der Waals surface area contributed by atoms with Crippen LogP contribution >= 0.6 is 0 Å². The van der Waals surface area contributed by atoms with E-state index >= 15 is 0 Å². The van der Waals surface area contributed by atoms with Gasteiger partial charge >= 0.3 is 0 Å². The summed E-state index contributed by atoms with van der Waals surface area (Å²) in [4.78, 5) is 12.9. The number of Topliss-reactive ketones (excluding diaryl/α,β-unsaturated/α-hetero) is 1. The van der Waals surface area contributed by atoms with Gasteiger partial charge in [-0.2, -0.15) is 0 Å². The third-order valence-electron chi connectivity index (χ3n) is 4.87. The van der Waals surface area contributed by atoms with E-state index in [0.29, 0.717) is 12.2 Å². The van der Waals surface area contributed by atoms with Crippen LogP contribution in [0.15, 0.2) is 17.0 Å². The van der Waals surface area contributed by atoms with Gasteiger partial charge in [-0.1, -0.05) is 0 Å². The number of hydrogen-bond donors (Lipinski definition) is 0. The second kappa shape index (κ2) is 6.71. The summed E-state index contributed by atoms with van der Waals surface area (Å²) in [6.45, 7) is 5.67. The maximum absolute atomic E-state index is 12.8. The van der Waals surface area contributed by atoms with Gasteiger partial charge in [-0.05, 0) is 56.4 Å². The molecule has 128 valence electrons. The lowest BCUT2D eigenvalue weighted by atomic mass is 9.72. The van der Waals surface area contributed by atoms with Crippen molar-refractivity contribution in [2.24, 2.45) is 0 Å². The minimum atomic E-state index is -1.18. The van der Waals surface area contributed by atoms with Gasteiger partial charge in [0.1, 0.15) is 22.5 Å². The van der Waals surface area contributed by atoms with Crippen molar-refractivity contribution >= 4 is 16.8 Å². The van der Waals surface area contributed by atoms with Crippen molar-refractivity contribution in [3.05, 3.63) is 23.3 Å². The van der Waals surface area contributed by atoms with E-state index in [4.69, 9.17) is 4.74 Å². The molecule has 1 unspecified atom stereocenters. The second-order valence-corrected chi connectivity index (χ2v) is 8.05. The Labute approximate surface area is 139 Å². The molecule has 0 saturated carbocycles. The Bertz CT molecular complexity index is 636. The molecule has 0 aromatic heterocycles. The quantitative estimate of drug-likeness (QED) is 0.842. The van der Waals surface area contributed by atoms with Gasteiger partial charge in [0.05, 0.1) is 12.0 Å². The number of carbonyl (C=O) groups is 1. The van der Waals surface area contributed by atoms with Gasteiger partial charge < -0.3 is 10.2 Å². The van der Waals surface area contributed by atoms with Crippen LogP contribution in [-0.2, 0) is 27.6 Å². The standard InChI is InChI=1S/C17H23NO3S.H2O/c1-17(2)13-11-14(21-3)15(10-12(13)6-7-16(17)19)22(20)18-8-4-5-9-18;/h10-11H,4-9H2,1-3H3;1H2. The van der Waals surface area contributed by atoms with Crippen molar-refractivity contribution in [3.63, 3.8) is 0 Å². The summed E-state index contributed by atoms with van der Waals surface area (Å²) in [5.41, 5.74) is 1.66. The first-order valence-corrected chi connectivity index (χ1v) is 8.97. The fourth-order valence-electron chi connectivity index (χ4n) is 3.39. The molecule has 0 radical (unpaired) electrons. The Hall–Kier alpha value is -1.24. The number of benzene rings is 1. The monoisotopic (exact) mass is 339 g/mol. The van der Waals surface area contributed by atoms with Crippen LogP contribution in [0, 0.1) is 0 Å². The van der Waals surface area contributed by atoms with E-state index < -0.39 is 16.4 Å². The predicted molar refractivity (Wildman–Crippen MR) is 90.2 cm³/mol. The zero-order valence-corrected chi connectivity index (χ0v) is 14.8. The highest BCUT2D eigenvalue weighted by molar-refractivity contribution is 7.82. The highest BCUT2D eigenvalue weighted by Gasteiger charge is 2.36. The highest BCUT2D eigenvalue weighted by atomic mass is 32.2. The van der Waals surface area contributed by atoms with Gasteiger partial charge in [-0.25, -0.2) is 8.51 Å². The summed E-state index contributed by atoms with van der Waals surface area (Å²) in [5, 5.41) is 0. The van der Waals surface area contributed by atoms with Crippen molar-refractivity contribution in [2.45, 2.75) is 49.8 Å². The predicted octanol–water partition coefficient (Wildman–Crippen LogP) is 1.78. The molecule has 5 nitrogen and oxygen atoms in total. The SMILES string of the molecule is COc1cc2c(cc1S(=O)N1CCCC1)CCC(=O)C2(C)C.O. The molecule has 1 atom stereocenters. The van der Waals surface area contributed by atoms with Crippen LogP contribution in [0.4, 0.5) is 0 Å². The fraction of sp³-hybridized carbons (Fsp3) is 0.588. The number of ether oxygens (including phenoxy) is 1. The zero-order chi connectivity index (χ0) is 15.9. The molecule has 2 aliphatic rings. The van der Waals surface area contributed by atoms with Gasteiger partial charge in [0.2, 0.25) is 0 Å². The Morgan fingerprint density at radius 1 is 1.17 bits per heavy atom. The van der Waals surface area contributed by atoms with Crippen molar-refractivity contribution < 1.29 is 19.2 Å². The maximum atomic E-state index is 12.8. The van der Waals surface area contributed by atoms with Crippen LogP contribution in [-0.4, -0.2) is 40.0 Å². The first kappa shape index (κ1) is 18.1. The van der Waals surface area contributed by atoms with Gasteiger partial charge in [0.15, 0.2) is 0 Å². The molecule has 1 fully saturated rings. The summed E-state index contributed by atoms with van der Waals surface area (Å²) >= 11 is 0. The number of methoxy groups -OCH3 is 1. The molecular weight excluding hydrogens is 314 g/mol. The van der Waals surface area contributed by atoms with E-state index in [9.17, 15) is 9.00 Å². The largest absolute Gasteiger partial charge is 0.495 e. The number of ketones is 1. The minimum Gasteiger partial charge on any atom is -0.495 e. The Morgan fingerprint density at radius 2 is 1.83 bits per heavy atom. The lowest BCUT2D eigenvalue weighted by molar-refractivity contribution is -0.124. The number of carbonyl (C=O) groups excluding carboxylic acids is 1. The minimum absolute atomic E-state index is 0. The van der Waals surface area contributed by atoms with E-state index in [1.165, 1.54) is 0 Å². The number of hydrogen-bond acceptors (Lipinski definition) is 3. The van der Waals surface area contributed by atoms with Crippen molar-refractivity contribution in [1.29, 1.82) is 0 Å². The van der Waals surface area contributed by atoms with E-state index in [2.05, 4.69) is 0 Å². The van der Waals surface area contributed by atoms with E-state index in [-0.39, 0.29) is 11.3 Å². The topological polar surface area (TPSA) is 78.1 Å². The number of fused-ring (bicyclic) bond motifs is 1. The first-order valence-electron chi connectivity index (χ1n) is 7.86. The summed E-state index contributed by atoms with van der Waals surface area (Å²) in [7, 11) is 0.423. The second-order valence-electron chi connectivity index (χ2n) is 6.59. The van der Waals surface area contributed by atoms with Gasteiger partial charge in [-0.3, -0.25) is 4.79 Å². The van der Waals surface area contributed by atoms with Crippen LogP contribution in [0.1, 0.15) is 44.2 Å². The summed E-state index contributed by atoms with van der Waals surface area (Å²) in [5.74, 6) is 0.891. The van der Waals surface area contributed by atoms with Crippen LogP contribution in [0.2, 0.25) is 0 Å². The average Bonchev–Trinajstić information content (AvgIpc) is 3.04. The molecule has 2 N–H and O–H groups in total. The number of aryl methyl sites for hydroxylation is 1. The smallest absolute Gasteiger partial charge is 0.143 e. The van der Waals surface area contributed by atoms with Crippen LogP contribution in [0.3, 0.4) is 0 Å². The van der Waals surface area contributed by atoms with Crippen molar-refractivity contribution in [1.82, 2.24) is 4.31 Å². The fourth-order valence-corrected chi connectivity index (χ4v) is 4.82. The number of rotatable bonds is 3. The van der Waals surface area contributed by atoms with Gasteiger partial charge in [0, 0.05) is 24.9 Å². The van der Waals surface area contributed by atoms with Crippen molar-refractivity contribution in [3.8, 4) is 5.75 Å². The highest BCUT2D eigenvalue weighted by Crippen LogP contribution is 2.39. The van der Waals surface area contributed by atoms with Gasteiger partial charge in [-0.15, -0.1) is 0 Å². The van der Waals surface area contributed by atoms with Crippen LogP contribution in [0.5, 0.6) is 5.75 Å². The molecule has 1 aromatic rings. The summed E-state index contributed by atoms with van der Waals surface area (Å²) in [6.07, 6.45) is 3.48. The number of nitrogens with zero attached hydrogens (tertiary/aromatic N) is 1. The molecular formula is C17H25NO4S. The summed E-state index contributed by atoms with van der Waals surface area (Å²) in [6, 6.07) is 3.92. The van der Waals surface area contributed by atoms with Crippen molar-refractivity contribution in [2.75, 3.05) is 20.2 Å². The molecule has 1 aliphatic heterocycles. The molecule has 1 heterocycles. The zero-order valence-electron chi connectivity index (χ0n) is 14.0. The molecule has 0 amide bonds. The van der Waals surface area contributed by atoms with E-state index in [1.807, 2.05) is 30.3 Å². The molecule has 1 aliphatic carbocycles. The van der Waals surface area contributed by atoms with Crippen LogP contribution < -0.4 is 4.74 Å². The molecule has 0 bridgehead atoms. The van der Waals surface area contributed by atoms with Gasteiger partial charge in [0.25, 0.3) is 0 Å². The maximum Gasteiger partial charge on any atom is 0.143 e. The molecule has 1 saturated heterocycles. The Balaban J connectivity index is 0.00000192. The molecule has 0 spiro atoms. The Kier molecular flexibility index (Phi) is 5.28. The third-order valence-corrected chi connectivity index (χ3v) is 6.40.